The van der Waals surface area contributed by atoms with Crippen LogP contribution in [0, 0.1) is 23.7 Å². The van der Waals surface area contributed by atoms with E-state index in [4.69, 9.17) is 28.4 Å². The highest BCUT2D eigenvalue weighted by molar-refractivity contribution is 6.07. The molecule has 103 heavy (non-hydrogen) atoms. The number of rotatable bonds is 12. The first kappa shape index (κ1) is 66.3. The topological polar surface area (TPSA) is 158 Å². The number of ether oxygens (including phenoxy) is 6. The number of benzene rings is 11. The van der Waals surface area contributed by atoms with Crippen LogP contribution in [0.2, 0.25) is 0 Å². The number of hydrogen-bond acceptors (Lipinski definition) is 12. The van der Waals surface area contributed by atoms with Crippen LogP contribution in [0.1, 0.15) is 121 Å². The Bertz CT molecular complexity index is 5130. The second-order valence-corrected chi connectivity index (χ2v) is 26.6. The van der Waals surface area contributed by atoms with Gasteiger partial charge in [0.05, 0.1) is 23.0 Å². The summed E-state index contributed by atoms with van der Waals surface area (Å²) in [4.78, 5) is 75.9. The minimum atomic E-state index is -0.686. The molecular weight excluding hydrogens is 1280 g/mol. The quantitative estimate of drug-likeness (QED) is 0.0649. The van der Waals surface area contributed by atoms with Crippen LogP contribution in [0.25, 0.3) is 67.4 Å². The van der Waals surface area contributed by atoms with Crippen molar-refractivity contribution >= 4 is 58.7 Å². The van der Waals surface area contributed by atoms with Crippen molar-refractivity contribution < 1.29 is 57.2 Å². The Kier molecular flexibility index (Phi) is 18.0. The first-order valence-corrected chi connectivity index (χ1v) is 34.3. The Hall–Kier alpha value is -12.5. The van der Waals surface area contributed by atoms with Crippen molar-refractivity contribution in [3.63, 3.8) is 0 Å². The number of esters is 6. The van der Waals surface area contributed by atoms with E-state index in [1.54, 1.807) is 38.1 Å². The fourth-order valence-electron chi connectivity index (χ4n) is 15.8. The van der Waals surface area contributed by atoms with Gasteiger partial charge in [-0.05, 0) is 105 Å². The Labute approximate surface area is 596 Å². The van der Waals surface area contributed by atoms with Crippen molar-refractivity contribution in [2.75, 3.05) is 0 Å². The van der Waals surface area contributed by atoms with Gasteiger partial charge < -0.3 is 28.4 Å². The molecule has 2 bridgehead atoms. The van der Waals surface area contributed by atoms with Crippen LogP contribution < -0.4 is 0 Å². The van der Waals surface area contributed by atoms with E-state index < -0.39 is 54.2 Å². The lowest BCUT2D eigenvalue weighted by atomic mass is 9.78. The molecule has 6 atom stereocenters. The predicted octanol–water partition coefficient (Wildman–Crippen LogP) is 19.1. The van der Waals surface area contributed by atoms with Crippen LogP contribution >= 0.6 is 0 Å². The van der Waals surface area contributed by atoms with Crippen LogP contribution in [0.4, 0.5) is 0 Å². The molecule has 6 unspecified atom stereocenters. The lowest BCUT2D eigenvalue weighted by Crippen LogP contribution is -2.44. The molecule has 1 aliphatic heterocycles. The molecule has 11 aromatic carbocycles. The van der Waals surface area contributed by atoms with Crippen LogP contribution in [-0.4, -0.2) is 48.0 Å². The van der Waals surface area contributed by atoms with Gasteiger partial charge in [0.1, 0.15) is 12.2 Å². The molecule has 12 nitrogen and oxygen atoms in total. The molecule has 0 N–H and O–H groups in total. The van der Waals surface area contributed by atoms with E-state index >= 15 is 0 Å². The summed E-state index contributed by atoms with van der Waals surface area (Å²) in [6.45, 7) is 18.1. The molecule has 7 aliphatic rings. The predicted molar refractivity (Wildman–Crippen MR) is 396 cm³/mol. The van der Waals surface area contributed by atoms with E-state index in [-0.39, 0.29) is 47.5 Å². The van der Waals surface area contributed by atoms with Gasteiger partial charge in [-0.1, -0.05) is 275 Å². The van der Waals surface area contributed by atoms with Gasteiger partial charge in [0.2, 0.25) is 0 Å². The molecule has 12 heteroatoms. The molecular formula is C91H70O12. The molecule has 1 heterocycles. The van der Waals surface area contributed by atoms with Crippen LogP contribution in [0.5, 0.6) is 0 Å². The summed E-state index contributed by atoms with van der Waals surface area (Å²) in [6.07, 6.45) is 1.43. The summed E-state index contributed by atoms with van der Waals surface area (Å²) >= 11 is 0. The van der Waals surface area contributed by atoms with Crippen LogP contribution in [-0.2, 0) is 47.6 Å². The standard InChI is InChI=1S/C26H22O6.C26H18O2.C22H16O2.C17H14O2/c1-12(2)24(27)31-22-17-11-18-20(26(29)32-23(18)22)19(17)25(28)30-21-15-9-5-3-7-13(15)14-8-4-6-10-16(14)21;1-2-17-9-7-15-19-18(17)14-8-16-24(19)26(27)28-25-22-12-5-3-10-20(22)21-11-4-6-13-23(21)25;1-2-15-11-13-16(14-12-15)22(23)24-21-19-9-5-3-7-17(19)18-8-4-6-10-20(18)21;1-11(2)17(18)19-16-14-9-5-3-7-12(14)13-8-4-6-10-15(13)16/h3-10,17-23H,1,11H2,2H3;2-16,25H,1H2;2-14,21H,1H2;3-10,16H,1H2,2H3. The fourth-order valence-corrected chi connectivity index (χ4v) is 15.8. The maximum atomic E-state index is 13.5. The second-order valence-electron chi connectivity index (χ2n) is 26.6. The van der Waals surface area contributed by atoms with Gasteiger partial charge in [-0.3, -0.25) is 9.59 Å². The average Bonchev–Trinajstić information content (AvgIpc) is 1.54. The molecule has 3 fully saturated rings. The van der Waals surface area contributed by atoms with Crippen molar-refractivity contribution in [2.45, 2.75) is 56.9 Å². The van der Waals surface area contributed by atoms with E-state index in [1.807, 2.05) is 206 Å². The van der Waals surface area contributed by atoms with Gasteiger partial charge in [0, 0.05) is 67.5 Å². The van der Waals surface area contributed by atoms with E-state index in [2.05, 4.69) is 62.7 Å². The van der Waals surface area contributed by atoms with Crippen molar-refractivity contribution in [2.24, 2.45) is 23.7 Å². The lowest BCUT2D eigenvalue weighted by molar-refractivity contribution is -0.164. The van der Waals surface area contributed by atoms with E-state index in [1.165, 1.54) is 0 Å². The monoisotopic (exact) mass is 1350 g/mol. The third-order valence-corrected chi connectivity index (χ3v) is 20.6. The summed E-state index contributed by atoms with van der Waals surface area (Å²) < 4.78 is 34.8. The van der Waals surface area contributed by atoms with Crippen molar-refractivity contribution in [3.8, 4) is 44.5 Å². The van der Waals surface area contributed by atoms with Crippen LogP contribution in [0.15, 0.2) is 292 Å². The Balaban J connectivity index is 0.000000113. The molecule has 6 aliphatic carbocycles. The maximum Gasteiger partial charge on any atom is 0.339 e. The van der Waals surface area contributed by atoms with Crippen molar-refractivity contribution in [1.29, 1.82) is 0 Å². The zero-order valence-corrected chi connectivity index (χ0v) is 56.6. The molecule has 0 radical (unpaired) electrons. The molecule has 18 rings (SSSR count). The Morgan fingerprint density at radius 1 is 0.388 bits per heavy atom. The number of hydrogen-bond donors (Lipinski definition) is 0. The zero-order valence-electron chi connectivity index (χ0n) is 56.6. The van der Waals surface area contributed by atoms with E-state index in [0.717, 1.165) is 111 Å². The largest absolute Gasteiger partial charge is 0.458 e. The molecule has 0 spiro atoms. The minimum Gasteiger partial charge on any atom is -0.458 e. The second kappa shape index (κ2) is 27.9. The highest BCUT2D eigenvalue weighted by Crippen LogP contribution is 2.60. The summed E-state index contributed by atoms with van der Waals surface area (Å²) in [5.74, 6) is -4.01. The molecule has 506 valence electrons. The average molecular weight is 1360 g/mol. The summed E-state index contributed by atoms with van der Waals surface area (Å²) in [6, 6.07) is 83.1. The molecule has 1 saturated heterocycles. The van der Waals surface area contributed by atoms with Gasteiger partial charge in [0.15, 0.2) is 24.4 Å². The molecule has 0 amide bonds. The van der Waals surface area contributed by atoms with E-state index in [0.29, 0.717) is 23.1 Å². The SMILES string of the molecule is C=C(C)C(=O)OC1C2CC3C1OC(=O)C3C2C(=O)OC1c2ccccc2-c2ccccc21.C=C(C)C(=O)OC1c2ccccc2-c2ccccc21.C=Cc1ccc(C(=O)OC2c3ccccc3-c3ccccc32)cc1.C=Cc1cccc2c(C(=O)OC3c4ccccc4-c4ccccc43)cccc12. The highest BCUT2D eigenvalue weighted by atomic mass is 16.6. The third-order valence-electron chi connectivity index (χ3n) is 20.6. The zero-order chi connectivity index (χ0) is 71.2. The Morgan fingerprint density at radius 2 is 0.757 bits per heavy atom. The van der Waals surface area contributed by atoms with E-state index in [9.17, 15) is 28.8 Å². The maximum absolute atomic E-state index is 13.5. The van der Waals surface area contributed by atoms with Crippen LogP contribution in [0.3, 0.4) is 0 Å². The van der Waals surface area contributed by atoms with Gasteiger partial charge in [-0.15, -0.1) is 0 Å². The molecule has 2 saturated carbocycles. The Morgan fingerprint density at radius 3 is 1.17 bits per heavy atom. The summed E-state index contributed by atoms with van der Waals surface area (Å²) in [7, 11) is 0. The smallest absolute Gasteiger partial charge is 0.339 e. The summed E-state index contributed by atoms with van der Waals surface area (Å²) in [5.41, 5.74) is 20.7. The van der Waals surface area contributed by atoms with Gasteiger partial charge in [-0.25, -0.2) is 19.2 Å². The van der Waals surface area contributed by atoms with Gasteiger partial charge in [-0.2, -0.15) is 0 Å². The first-order valence-electron chi connectivity index (χ1n) is 34.3. The highest BCUT2D eigenvalue weighted by Gasteiger charge is 2.70. The molecule has 11 aromatic rings. The third kappa shape index (κ3) is 12.1. The number of fused-ring (bicyclic) bond motifs is 14. The number of carbonyl (C=O) groups is 6. The first-order chi connectivity index (χ1) is 50.2. The minimum absolute atomic E-state index is 0.129. The van der Waals surface area contributed by atoms with Crippen molar-refractivity contribution in [3.05, 3.63) is 359 Å². The fraction of sp³-hybridized carbons (Fsp3) is 0.143. The lowest BCUT2D eigenvalue weighted by Gasteiger charge is -2.31. The number of carbonyl (C=O) groups excluding carboxylic acids is 6. The van der Waals surface area contributed by atoms with Gasteiger partial charge in [0.25, 0.3) is 0 Å². The molecule has 0 aromatic heterocycles. The normalized spacial score (nSPS) is 18.3. The van der Waals surface area contributed by atoms with Crippen molar-refractivity contribution in [1.82, 2.24) is 0 Å². The van der Waals surface area contributed by atoms with Gasteiger partial charge >= 0.3 is 35.8 Å². The summed E-state index contributed by atoms with van der Waals surface area (Å²) in [5, 5.41) is 1.88.